The summed E-state index contributed by atoms with van der Waals surface area (Å²) < 4.78 is 26.9. The minimum Gasteiger partial charge on any atom is -0.490 e. The molecule has 3 heterocycles. The van der Waals surface area contributed by atoms with Crippen molar-refractivity contribution in [1.29, 1.82) is 5.26 Å². The fourth-order valence-electron chi connectivity index (χ4n) is 4.02. The predicted molar refractivity (Wildman–Crippen MR) is 122 cm³/mol. The maximum absolute atomic E-state index is 12.8. The van der Waals surface area contributed by atoms with Crippen molar-refractivity contribution < 1.29 is 33.1 Å². The van der Waals surface area contributed by atoms with Crippen LogP contribution in [-0.2, 0) is 4.74 Å². The molecule has 13 nitrogen and oxygen atoms in total. The highest BCUT2D eigenvalue weighted by Crippen LogP contribution is 2.46. The van der Waals surface area contributed by atoms with Gasteiger partial charge in [-0.1, -0.05) is 0 Å². The summed E-state index contributed by atoms with van der Waals surface area (Å²) in [6.45, 7) is 4.41. The summed E-state index contributed by atoms with van der Waals surface area (Å²) in [6.07, 6.45) is -0.801. The second-order valence-electron chi connectivity index (χ2n) is 7.87. The number of hydrogen-bond donors (Lipinski definition) is 1. The molecule has 1 aromatic heterocycles. The third-order valence-electron chi connectivity index (χ3n) is 5.60. The van der Waals surface area contributed by atoms with E-state index in [9.17, 15) is 25.0 Å². The minimum absolute atomic E-state index is 0.0545. The number of hydrogen-bond acceptors (Lipinski definition) is 11. The maximum atomic E-state index is 12.8. The van der Waals surface area contributed by atoms with Crippen molar-refractivity contribution >= 4 is 11.8 Å². The van der Waals surface area contributed by atoms with E-state index in [1.165, 1.54) is 24.0 Å². The number of carbonyl (C=O) groups excluding carboxylic acids is 1. The van der Waals surface area contributed by atoms with Crippen LogP contribution in [0.15, 0.2) is 38.9 Å². The molecule has 2 aromatic rings. The lowest BCUT2D eigenvalue weighted by molar-refractivity contribution is -0.385. The molecule has 1 fully saturated rings. The van der Waals surface area contributed by atoms with E-state index in [4.69, 9.17) is 29.1 Å². The average molecular weight is 498 g/mol. The van der Waals surface area contributed by atoms with Gasteiger partial charge in [0.2, 0.25) is 5.88 Å². The molecular weight excluding hydrogens is 476 g/mol. The van der Waals surface area contributed by atoms with E-state index < -0.39 is 34.0 Å². The number of nitrogens with two attached hydrogens (primary N) is 1. The molecule has 2 aliphatic heterocycles. The molecule has 0 bridgehead atoms. The fourth-order valence-corrected chi connectivity index (χ4v) is 4.02. The first kappa shape index (κ1) is 24.6. The summed E-state index contributed by atoms with van der Waals surface area (Å²) in [7, 11) is 0. The van der Waals surface area contributed by atoms with Gasteiger partial charge in [-0.2, -0.15) is 5.26 Å². The Morgan fingerprint density at radius 3 is 2.69 bits per heavy atom. The zero-order valence-corrected chi connectivity index (χ0v) is 19.4. The molecule has 0 spiro atoms. The number of benzene rings is 1. The molecule has 188 valence electrons. The summed E-state index contributed by atoms with van der Waals surface area (Å²) in [5.41, 5.74) is 4.49. The molecule has 2 N–H and O–H groups in total. The van der Waals surface area contributed by atoms with Gasteiger partial charge in [-0.05, 0) is 25.5 Å². The van der Waals surface area contributed by atoms with Crippen LogP contribution in [0.3, 0.4) is 0 Å². The van der Waals surface area contributed by atoms with Gasteiger partial charge < -0.3 is 34.0 Å². The smallest absolute Gasteiger partial charge is 0.415 e. The molecule has 0 radical (unpaired) electrons. The van der Waals surface area contributed by atoms with Gasteiger partial charge in [0.15, 0.2) is 5.75 Å². The molecule has 0 aliphatic carbocycles. The number of rotatable bonds is 5. The Kier molecular flexibility index (Phi) is 6.80. The summed E-state index contributed by atoms with van der Waals surface area (Å²) in [5, 5.41) is 21.8. The van der Waals surface area contributed by atoms with Gasteiger partial charge in [0.25, 0.3) is 5.75 Å². The second-order valence-corrected chi connectivity index (χ2v) is 7.87. The number of aryl methyl sites for hydroxylation is 1. The third kappa shape index (κ3) is 4.53. The molecule has 36 heavy (non-hydrogen) atoms. The topological polar surface area (TPSA) is 180 Å². The lowest BCUT2D eigenvalue weighted by Crippen LogP contribution is -2.42. The minimum atomic E-state index is -1.16. The molecule has 1 amide bonds. The highest BCUT2D eigenvalue weighted by Gasteiger charge is 2.37. The number of nitro groups is 1. The monoisotopic (exact) mass is 498 g/mol. The van der Waals surface area contributed by atoms with Gasteiger partial charge in [-0.15, -0.1) is 0 Å². The first-order valence-electron chi connectivity index (χ1n) is 11.0. The zero-order valence-electron chi connectivity index (χ0n) is 19.4. The number of ether oxygens (including phenoxy) is 4. The van der Waals surface area contributed by atoms with Gasteiger partial charge in [-0.3, -0.25) is 10.1 Å². The van der Waals surface area contributed by atoms with E-state index in [-0.39, 0.29) is 59.5 Å². The Labute approximate surface area is 204 Å². The van der Waals surface area contributed by atoms with Crippen LogP contribution in [0.2, 0.25) is 0 Å². The molecular formula is C23H22N4O9. The molecule has 0 unspecified atom stereocenters. The van der Waals surface area contributed by atoms with Gasteiger partial charge in [0.05, 0.1) is 36.2 Å². The summed E-state index contributed by atoms with van der Waals surface area (Å²) in [4.78, 5) is 38.2. The highest BCUT2D eigenvalue weighted by atomic mass is 16.6. The van der Waals surface area contributed by atoms with Gasteiger partial charge in [-0.25, -0.2) is 9.59 Å². The van der Waals surface area contributed by atoms with Gasteiger partial charge in [0, 0.05) is 25.2 Å². The van der Waals surface area contributed by atoms with E-state index in [0.29, 0.717) is 13.2 Å². The van der Waals surface area contributed by atoms with Crippen LogP contribution in [0.25, 0.3) is 0 Å². The number of nitriles is 1. The average Bonchev–Trinajstić information content (AvgIpc) is 2.84. The van der Waals surface area contributed by atoms with Crippen molar-refractivity contribution in [1.82, 2.24) is 4.90 Å². The number of amides is 1. The molecule has 2 aliphatic rings. The van der Waals surface area contributed by atoms with E-state index in [1.54, 1.807) is 6.92 Å². The number of fused-ring (bicyclic) bond motifs is 1. The van der Waals surface area contributed by atoms with Gasteiger partial charge >= 0.3 is 17.4 Å². The first-order valence-corrected chi connectivity index (χ1v) is 11.0. The molecule has 13 heteroatoms. The van der Waals surface area contributed by atoms with E-state index in [0.717, 1.165) is 6.07 Å². The van der Waals surface area contributed by atoms with Crippen LogP contribution < -0.4 is 25.6 Å². The number of allylic oxidation sites excluding steroid dienone is 1. The molecule has 1 saturated heterocycles. The largest absolute Gasteiger partial charge is 0.490 e. The van der Waals surface area contributed by atoms with Crippen molar-refractivity contribution in [3.63, 3.8) is 0 Å². The molecule has 1 atom stereocenters. The van der Waals surface area contributed by atoms with Crippen LogP contribution in [0.1, 0.15) is 29.7 Å². The van der Waals surface area contributed by atoms with Crippen LogP contribution >= 0.6 is 0 Å². The Morgan fingerprint density at radius 2 is 2.06 bits per heavy atom. The van der Waals surface area contributed by atoms with E-state index >= 15 is 0 Å². The van der Waals surface area contributed by atoms with E-state index in [1.807, 2.05) is 6.07 Å². The van der Waals surface area contributed by atoms with Crippen molar-refractivity contribution in [2.45, 2.75) is 19.8 Å². The number of nitrogens with zero attached hydrogens (tertiary/aromatic N) is 3. The lowest BCUT2D eigenvalue weighted by Gasteiger charge is -2.27. The van der Waals surface area contributed by atoms with Crippen molar-refractivity contribution in [3.05, 3.63) is 67.1 Å². The molecule has 0 saturated carbocycles. The second kappa shape index (κ2) is 9.96. The standard InChI is InChI=1S/C23H22N4O9/c1-3-33-17-10-13(9-15(27(30)31)20(17)36-23(29)26-4-6-32-7-5-26)18-14(11-24)21(25)35-16-8-12(2)34-22(28)19(16)18/h8-10,18H,3-7,25H2,1-2H3/t18-/m0/s1. The summed E-state index contributed by atoms with van der Waals surface area (Å²) in [6, 6.07) is 5.81. The predicted octanol–water partition coefficient (Wildman–Crippen LogP) is 2.30. The zero-order chi connectivity index (χ0) is 26.0. The van der Waals surface area contributed by atoms with Crippen LogP contribution in [0, 0.1) is 28.4 Å². The van der Waals surface area contributed by atoms with Crippen molar-refractivity contribution in [2.75, 3.05) is 32.9 Å². The SMILES string of the molecule is CCOc1cc([C@H]2C(C#N)=C(N)Oc3cc(C)oc(=O)c32)cc([N+](=O)[O-])c1OC(=O)N1CCOCC1. The number of carbonyl (C=O) groups is 1. The van der Waals surface area contributed by atoms with E-state index in [2.05, 4.69) is 0 Å². The normalized spacial score (nSPS) is 17.0. The third-order valence-corrected chi connectivity index (χ3v) is 5.60. The number of nitro benzene ring substituents is 1. The number of morpholine rings is 1. The Morgan fingerprint density at radius 1 is 1.33 bits per heavy atom. The van der Waals surface area contributed by atoms with Crippen molar-refractivity contribution in [2.24, 2.45) is 5.73 Å². The van der Waals surface area contributed by atoms with Gasteiger partial charge in [0.1, 0.15) is 23.2 Å². The van der Waals surface area contributed by atoms with Crippen LogP contribution in [0.4, 0.5) is 10.5 Å². The fraction of sp³-hybridized carbons (Fsp3) is 0.348. The van der Waals surface area contributed by atoms with Crippen molar-refractivity contribution in [3.8, 4) is 23.3 Å². The maximum Gasteiger partial charge on any atom is 0.415 e. The molecule has 4 rings (SSSR count). The Hall–Kier alpha value is -4.57. The summed E-state index contributed by atoms with van der Waals surface area (Å²) >= 11 is 0. The Bertz CT molecular complexity index is 1350. The van der Waals surface area contributed by atoms with Crippen LogP contribution in [0.5, 0.6) is 17.2 Å². The summed E-state index contributed by atoms with van der Waals surface area (Å²) in [5.74, 6) is -1.63. The lowest BCUT2D eigenvalue weighted by atomic mass is 9.84. The first-order chi connectivity index (χ1) is 17.2. The highest BCUT2D eigenvalue weighted by molar-refractivity contribution is 5.75. The molecule has 1 aromatic carbocycles. The van der Waals surface area contributed by atoms with Crippen LogP contribution in [-0.4, -0.2) is 48.8 Å². The quantitative estimate of drug-likeness (QED) is 0.472. The Balaban J connectivity index is 1.88.